The third-order valence-corrected chi connectivity index (χ3v) is 3.89. The van der Waals surface area contributed by atoms with Crippen molar-refractivity contribution in [2.45, 2.75) is 31.8 Å². The summed E-state index contributed by atoms with van der Waals surface area (Å²) in [4.78, 5) is 12.1. The van der Waals surface area contributed by atoms with Crippen LogP contribution in [0.5, 0.6) is 0 Å². The first-order valence-corrected chi connectivity index (χ1v) is 7.17. The van der Waals surface area contributed by atoms with Crippen LogP contribution in [-0.4, -0.2) is 29.5 Å². The van der Waals surface area contributed by atoms with E-state index < -0.39 is 0 Å². The summed E-state index contributed by atoms with van der Waals surface area (Å²) in [7, 11) is 1.60. The molecule has 1 unspecified atom stereocenters. The van der Waals surface area contributed by atoms with Crippen molar-refractivity contribution in [3.05, 3.63) is 33.2 Å². The maximum absolute atomic E-state index is 12.1. The van der Waals surface area contributed by atoms with Gasteiger partial charge in [-0.15, -0.1) is 0 Å². The highest BCUT2D eigenvalue weighted by molar-refractivity contribution is 9.10. The minimum Gasteiger partial charge on any atom is -0.383 e. The lowest BCUT2D eigenvalue weighted by Gasteiger charge is -2.21. The molecule has 0 aliphatic heterocycles. The van der Waals surface area contributed by atoms with Gasteiger partial charge in [0.2, 0.25) is 0 Å². The van der Waals surface area contributed by atoms with E-state index in [1.807, 2.05) is 0 Å². The molecule has 0 spiro atoms. The zero-order valence-corrected chi connectivity index (χ0v) is 12.5. The summed E-state index contributed by atoms with van der Waals surface area (Å²) >= 11 is 3.36. The number of rotatable bonds is 5. The van der Waals surface area contributed by atoms with Crippen molar-refractivity contribution in [1.29, 1.82) is 0 Å². The largest absolute Gasteiger partial charge is 0.383 e. The smallest absolute Gasteiger partial charge is 0.283 e. The molecule has 0 amide bonds. The van der Waals surface area contributed by atoms with Crippen molar-refractivity contribution >= 4 is 21.6 Å². The lowest BCUT2D eigenvalue weighted by molar-refractivity contribution is 0.181. The standard InChI is InChI=1S/C13H18BrN3O2/c1-19-8-7-17-13(18)12(14)11(9-15-17)16-10-5-3-2-4-6-10/h2-3,9-10,16H,4-8H2,1H3. The lowest BCUT2D eigenvalue weighted by Crippen LogP contribution is -2.28. The Hall–Kier alpha value is -1.14. The summed E-state index contributed by atoms with van der Waals surface area (Å²) in [6.07, 6.45) is 9.19. The average Bonchev–Trinajstić information content (AvgIpc) is 2.44. The summed E-state index contributed by atoms with van der Waals surface area (Å²) in [5.74, 6) is 0. The van der Waals surface area contributed by atoms with E-state index in [1.165, 1.54) is 4.68 Å². The first-order chi connectivity index (χ1) is 9.22. The van der Waals surface area contributed by atoms with Crippen LogP contribution >= 0.6 is 15.9 Å². The summed E-state index contributed by atoms with van der Waals surface area (Å²) in [6.45, 7) is 0.930. The molecule has 1 aliphatic carbocycles. The molecular weight excluding hydrogens is 310 g/mol. The normalized spacial score (nSPS) is 18.5. The monoisotopic (exact) mass is 327 g/mol. The minimum atomic E-state index is -0.131. The van der Waals surface area contributed by atoms with Crippen molar-refractivity contribution < 1.29 is 4.74 Å². The molecule has 2 rings (SSSR count). The number of allylic oxidation sites excluding steroid dienone is 1. The van der Waals surface area contributed by atoms with Gasteiger partial charge in [0, 0.05) is 13.2 Å². The maximum Gasteiger partial charge on any atom is 0.283 e. The van der Waals surface area contributed by atoms with E-state index in [9.17, 15) is 4.79 Å². The molecule has 0 radical (unpaired) electrons. The number of nitrogens with one attached hydrogen (secondary N) is 1. The van der Waals surface area contributed by atoms with Crippen LogP contribution in [0.4, 0.5) is 5.69 Å². The summed E-state index contributed by atoms with van der Waals surface area (Å²) < 4.78 is 6.89. The average molecular weight is 328 g/mol. The van der Waals surface area contributed by atoms with E-state index in [2.05, 4.69) is 38.5 Å². The molecule has 0 fully saturated rings. The van der Waals surface area contributed by atoms with Gasteiger partial charge < -0.3 is 10.1 Å². The van der Waals surface area contributed by atoms with Crippen LogP contribution in [0.3, 0.4) is 0 Å². The fourth-order valence-electron chi connectivity index (χ4n) is 2.05. The highest BCUT2D eigenvalue weighted by Crippen LogP contribution is 2.21. The van der Waals surface area contributed by atoms with Crippen LogP contribution in [0, 0.1) is 0 Å². The maximum atomic E-state index is 12.1. The van der Waals surface area contributed by atoms with Crippen LogP contribution in [0.2, 0.25) is 0 Å². The molecule has 1 aliphatic rings. The summed E-state index contributed by atoms with van der Waals surface area (Å²) in [5.41, 5.74) is 0.632. The van der Waals surface area contributed by atoms with Gasteiger partial charge in [-0.3, -0.25) is 4.79 Å². The summed E-state index contributed by atoms with van der Waals surface area (Å²) in [5, 5.41) is 7.52. The second-order valence-electron chi connectivity index (χ2n) is 4.52. The number of hydrogen-bond donors (Lipinski definition) is 1. The Kier molecular flexibility index (Phi) is 5.15. The minimum absolute atomic E-state index is 0.131. The van der Waals surface area contributed by atoms with Gasteiger partial charge in [-0.2, -0.15) is 5.10 Å². The Labute approximate surface area is 120 Å². The number of aromatic nitrogens is 2. The van der Waals surface area contributed by atoms with Gasteiger partial charge in [0.25, 0.3) is 5.56 Å². The van der Waals surface area contributed by atoms with E-state index in [4.69, 9.17) is 4.74 Å². The van der Waals surface area contributed by atoms with Gasteiger partial charge in [-0.1, -0.05) is 12.2 Å². The van der Waals surface area contributed by atoms with Crippen LogP contribution < -0.4 is 10.9 Å². The van der Waals surface area contributed by atoms with E-state index in [0.717, 1.165) is 24.9 Å². The van der Waals surface area contributed by atoms with Crippen molar-refractivity contribution in [1.82, 2.24) is 9.78 Å². The molecule has 0 saturated carbocycles. The van der Waals surface area contributed by atoms with Crippen LogP contribution in [0.25, 0.3) is 0 Å². The van der Waals surface area contributed by atoms with Crippen molar-refractivity contribution in [2.75, 3.05) is 19.0 Å². The van der Waals surface area contributed by atoms with Gasteiger partial charge in [0.05, 0.1) is 25.0 Å². The molecule has 6 heteroatoms. The van der Waals surface area contributed by atoms with E-state index in [1.54, 1.807) is 13.3 Å². The van der Waals surface area contributed by atoms with Gasteiger partial charge in [-0.05, 0) is 35.2 Å². The Morgan fingerprint density at radius 2 is 2.42 bits per heavy atom. The first-order valence-electron chi connectivity index (χ1n) is 6.38. The predicted molar refractivity (Wildman–Crippen MR) is 78.5 cm³/mol. The quantitative estimate of drug-likeness (QED) is 0.842. The second-order valence-corrected chi connectivity index (χ2v) is 5.31. The molecule has 1 aromatic heterocycles. The molecular formula is C13H18BrN3O2. The highest BCUT2D eigenvalue weighted by Gasteiger charge is 2.14. The number of halogens is 1. The van der Waals surface area contributed by atoms with Crippen LogP contribution in [-0.2, 0) is 11.3 Å². The van der Waals surface area contributed by atoms with Crippen molar-refractivity contribution in [3.8, 4) is 0 Å². The first kappa shape index (κ1) is 14.3. The van der Waals surface area contributed by atoms with E-state index in [-0.39, 0.29) is 5.56 Å². The van der Waals surface area contributed by atoms with Gasteiger partial charge >= 0.3 is 0 Å². The van der Waals surface area contributed by atoms with Crippen molar-refractivity contribution in [2.24, 2.45) is 0 Å². The topological polar surface area (TPSA) is 56.1 Å². The van der Waals surface area contributed by atoms with Gasteiger partial charge in [-0.25, -0.2) is 4.68 Å². The zero-order chi connectivity index (χ0) is 13.7. The molecule has 1 atom stereocenters. The fraction of sp³-hybridized carbons (Fsp3) is 0.538. The third kappa shape index (κ3) is 3.67. The van der Waals surface area contributed by atoms with E-state index >= 15 is 0 Å². The van der Waals surface area contributed by atoms with Gasteiger partial charge in [0.1, 0.15) is 4.47 Å². The Morgan fingerprint density at radius 3 is 3.11 bits per heavy atom. The highest BCUT2D eigenvalue weighted by atomic mass is 79.9. The summed E-state index contributed by atoms with van der Waals surface area (Å²) in [6, 6.07) is 0.373. The Morgan fingerprint density at radius 1 is 1.58 bits per heavy atom. The number of nitrogens with zero attached hydrogens (tertiary/aromatic N) is 2. The SMILES string of the molecule is COCCn1ncc(NC2CC=CCC2)c(Br)c1=O. The second kappa shape index (κ2) is 6.86. The van der Waals surface area contributed by atoms with E-state index in [0.29, 0.717) is 23.7 Å². The molecule has 1 aromatic rings. The third-order valence-electron chi connectivity index (χ3n) is 3.12. The van der Waals surface area contributed by atoms with Crippen LogP contribution in [0.15, 0.2) is 27.6 Å². The number of ether oxygens (including phenoxy) is 1. The molecule has 1 N–H and O–H groups in total. The van der Waals surface area contributed by atoms with Gasteiger partial charge in [0.15, 0.2) is 0 Å². The Balaban J connectivity index is 2.11. The van der Waals surface area contributed by atoms with Crippen molar-refractivity contribution in [3.63, 3.8) is 0 Å². The molecule has 0 aromatic carbocycles. The molecule has 1 heterocycles. The zero-order valence-electron chi connectivity index (χ0n) is 10.9. The number of anilines is 1. The molecule has 104 valence electrons. The molecule has 5 nitrogen and oxygen atoms in total. The molecule has 0 saturated heterocycles. The number of methoxy groups -OCH3 is 1. The molecule has 19 heavy (non-hydrogen) atoms. The fourth-order valence-corrected chi connectivity index (χ4v) is 2.47. The number of hydrogen-bond acceptors (Lipinski definition) is 4. The predicted octanol–water partition coefficient (Wildman–Crippen LogP) is 2.17. The Bertz CT molecular complexity index is 513. The van der Waals surface area contributed by atoms with Crippen LogP contribution in [0.1, 0.15) is 19.3 Å². The molecule has 0 bridgehead atoms. The lowest BCUT2D eigenvalue weighted by atomic mass is 10.0.